The monoisotopic (exact) mass is 444 g/mol. The Kier molecular flexibility index (Phi) is 4.89. The molecule has 0 bridgehead atoms. The molecule has 4 rings (SSSR count). The number of fused-ring (bicyclic) bond motifs is 2. The first-order valence-electron chi connectivity index (χ1n) is 9.09. The third kappa shape index (κ3) is 2.99. The molecule has 0 saturated carbocycles. The minimum Gasteiger partial charge on any atom is -0.493 e. The molecule has 0 radical (unpaired) electrons. The number of carbonyl (C=O) groups excluding carboxylic acids is 2. The van der Waals surface area contributed by atoms with Gasteiger partial charge in [-0.3, -0.25) is 19.4 Å². The first kappa shape index (κ1) is 19.0. The first-order chi connectivity index (χ1) is 13.4. The number of rotatable bonds is 4. The molecule has 0 spiro atoms. The first-order valence-corrected chi connectivity index (χ1v) is 9.88. The van der Waals surface area contributed by atoms with Gasteiger partial charge in [0, 0.05) is 17.1 Å². The highest BCUT2D eigenvalue weighted by molar-refractivity contribution is 9.10. The van der Waals surface area contributed by atoms with Crippen LogP contribution < -0.4 is 14.4 Å². The van der Waals surface area contributed by atoms with Crippen LogP contribution in [-0.2, 0) is 11.2 Å². The van der Waals surface area contributed by atoms with Gasteiger partial charge in [-0.15, -0.1) is 0 Å². The molecule has 0 fully saturated rings. The van der Waals surface area contributed by atoms with E-state index in [1.807, 2.05) is 24.3 Å². The molecule has 0 unspecified atom stereocenters. The number of anilines is 1. The lowest BCUT2D eigenvalue weighted by atomic mass is 9.93. The van der Waals surface area contributed by atoms with Crippen molar-refractivity contribution in [3.8, 4) is 11.5 Å². The molecule has 6 nitrogen and oxygen atoms in total. The maximum atomic E-state index is 12.6. The fraction of sp³-hybridized carbons (Fsp3) is 0.333. The van der Waals surface area contributed by atoms with Crippen molar-refractivity contribution >= 4 is 33.3 Å². The van der Waals surface area contributed by atoms with Gasteiger partial charge in [0.05, 0.1) is 32.1 Å². The zero-order valence-electron chi connectivity index (χ0n) is 16.0. The fourth-order valence-corrected chi connectivity index (χ4v) is 4.35. The minimum atomic E-state index is -0.474. The highest BCUT2D eigenvalue weighted by Crippen LogP contribution is 2.39. The van der Waals surface area contributed by atoms with Crippen LogP contribution in [0, 0.1) is 0 Å². The molecule has 0 saturated heterocycles. The van der Waals surface area contributed by atoms with Crippen LogP contribution in [-0.4, -0.2) is 44.0 Å². The second kappa shape index (κ2) is 7.22. The number of ketones is 1. The molecule has 28 heavy (non-hydrogen) atoms. The third-order valence-corrected chi connectivity index (χ3v) is 6.06. The van der Waals surface area contributed by atoms with Gasteiger partial charge < -0.3 is 9.47 Å². The van der Waals surface area contributed by atoms with E-state index in [2.05, 4.69) is 27.8 Å². The van der Waals surface area contributed by atoms with Crippen molar-refractivity contribution in [2.75, 3.05) is 32.3 Å². The van der Waals surface area contributed by atoms with Crippen LogP contribution in [0.25, 0.3) is 0 Å². The van der Waals surface area contributed by atoms with Gasteiger partial charge >= 0.3 is 5.91 Å². The summed E-state index contributed by atoms with van der Waals surface area (Å²) in [4.78, 5) is 28.7. The van der Waals surface area contributed by atoms with Gasteiger partial charge in [-0.1, -0.05) is 15.9 Å². The molecule has 0 N–H and O–H groups in total. The van der Waals surface area contributed by atoms with Gasteiger partial charge in [0.25, 0.3) is 5.78 Å². The predicted octanol–water partition coefficient (Wildman–Crippen LogP) is 3.57. The van der Waals surface area contributed by atoms with E-state index in [0.717, 1.165) is 28.8 Å². The highest BCUT2D eigenvalue weighted by Gasteiger charge is 2.38. The summed E-state index contributed by atoms with van der Waals surface area (Å²) in [6.07, 6.45) is 0.837. The molecule has 0 aromatic heterocycles. The molecule has 1 amide bonds. The molecule has 2 aliphatic rings. The average molecular weight is 445 g/mol. The van der Waals surface area contributed by atoms with E-state index >= 15 is 0 Å². The van der Waals surface area contributed by atoms with Crippen LogP contribution in [0.4, 0.5) is 5.69 Å². The van der Waals surface area contributed by atoms with Crippen molar-refractivity contribution in [3.63, 3.8) is 0 Å². The van der Waals surface area contributed by atoms with Gasteiger partial charge in [-0.05, 0) is 54.8 Å². The number of Topliss-reactive ketones (excluding diaryl/α,β-unsaturated/α-hetero) is 1. The Morgan fingerprint density at radius 2 is 1.82 bits per heavy atom. The second-order valence-corrected chi connectivity index (χ2v) is 7.93. The second-order valence-electron chi connectivity index (χ2n) is 7.01. The summed E-state index contributed by atoms with van der Waals surface area (Å²) in [7, 11) is 3.26. The van der Waals surface area contributed by atoms with Gasteiger partial charge in [-0.25, -0.2) is 0 Å². The van der Waals surface area contributed by atoms with Crippen molar-refractivity contribution in [2.24, 2.45) is 0 Å². The quantitative estimate of drug-likeness (QED) is 0.674. The van der Waals surface area contributed by atoms with E-state index in [1.54, 1.807) is 25.2 Å². The Balaban J connectivity index is 1.63. The van der Waals surface area contributed by atoms with Crippen molar-refractivity contribution in [1.29, 1.82) is 0 Å². The SMILES string of the molecule is COc1cc2c(cc1OC)[C@@H](C)N(CN1C(=O)C(=O)c3cc(Br)ccc31)CC2. The number of amides is 1. The van der Waals surface area contributed by atoms with Crippen LogP contribution >= 0.6 is 15.9 Å². The van der Waals surface area contributed by atoms with Gasteiger partial charge in [0.1, 0.15) is 0 Å². The number of ether oxygens (including phenoxy) is 2. The number of nitrogens with zero attached hydrogens (tertiary/aromatic N) is 2. The summed E-state index contributed by atoms with van der Waals surface area (Å²) < 4.78 is 11.7. The van der Waals surface area contributed by atoms with Gasteiger partial charge in [0.2, 0.25) is 0 Å². The maximum absolute atomic E-state index is 12.6. The number of carbonyl (C=O) groups is 2. The van der Waals surface area contributed by atoms with E-state index in [-0.39, 0.29) is 6.04 Å². The summed E-state index contributed by atoms with van der Waals surface area (Å²) in [6.45, 7) is 3.26. The van der Waals surface area contributed by atoms with E-state index in [0.29, 0.717) is 23.7 Å². The van der Waals surface area contributed by atoms with Crippen LogP contribution in [0.2, 0.25) is 0 Å². The standard InChI is InChI=1S/C21H21BrN2O4/c1-12-15-10-19(28-3)18(27-2)8-13(15)6-7-23(12)11-24-17-5-4-14(22)9-16(17)20(25)21(24)26/h4-5,8-10,12H,6-7,11H2,1-3H3/t12-/m1/s1. The smallest absolute Gasteiger partial charge is 0.300 e. The number of benzene rings is 2. The molecule has 0 aliphatic carbocycles. The predicted molar refractivity (Wildman–Crippen MR) is 109 cm³/mol. The third-order valence-electron chi connectivity index (χ3n) is 5.57. The molecule has 2 aromatic carbocycles. The van der Waals surface area contributed by atoms with Crippen molar-refractivity contribution in [3.05, 3.63) is 51.5 Å². The minimum absolute atomic E-state index is 0.0750. The molecule has 2 heterocycles. The summed E-state index contributed by atoms with van der Waals surface area (Å²) in [5.41, 5.74) is 3.49. The molecular formula is C21H21BrN2O4. The zero-order chi connectivity index (χ0) is 20.0. The molecule has 2 aliphatic heterocycles. The zero-order valence-corrected chi connectivity index (χ0v) is 17.6. The van der Waals surface area contributed by atoms with E-state index in [9.17, 15) is 9.59 Å². The van der Waals surface area contributed by atoms with E-state index in [1.165, 1.54) is 5.56 Å². The molecule has 2 aromatic rings. The van der Waals surface area contributed by atoms with Crippen LogP contribution in [0.15, 0.2) is 34.8 Å². The summed E-state index contributed by atoms with van der Waals surface area (Å²) in [6, 6.07) is 9.49. The topological polar surface area (TPSA) is 59.1 Å². The van der Waals surface area contributed by atoms with Gasteiger partial charge in [-0.2, -0.15) is 0 Å². The lowest BCUT2D eigenvalue weighted by Crippen LogP contribution is -2.44. The van der Waals surface area contributed by atoms with Crippen LogP contribution in [0.3, 0.4) is 0 Å². The number of halogens is 1. The highest BCUT2D eigenvalue weighted by atomic mass is 79.9. The van der Waals surface area contributed by atoms with Crippen molar-refractivity contribution in [2.45, 2.75) is 19.4 Å². The lowest BCUT2D eigenvalue weighted by molar-refractivity contribution is -0.114. The Hall–Kier alpha value is -2.38. The van der Waals surface area contributed by atoms with Crippen LogP contribution in [0.5, 0.6) is 11.5 Å². The summed E-state index contributed by atoms with van der Waals surface area (Å²) >= 11 is 3.37. The number of hydrogen-bond acceptors (Lipinski definition) is 5. The largest absolute Gasteiger partial charge is 0.493 e. The van der Waals surface area contributed by atoms with Crippen LogP contribution in [0.1, 0.15) is 34.5 Å². The fourth-order valence-electron chi connectivity index (χ4n) is 3.98. The summed E-state index contributed by atoms with van der Waals surface area (Å²) in [5.74, 6) is 0.491. The molecule has 1 atom stereocenters. The maximum Gasteiger partial charge on any atom is 0.300 e. The number of methoxy groups -OCH3 is 2. The Morgan fingerprint density at radius 3 is 2.54 bits per heavy atom. The summed E-state index contributed by atoms with van der Waals surface area (Å²) in [5, 5.41) is 0. The van der Waals surface area contributed by atoms with Crippen molar-refractivity contribution < 1.29 is 19.1 Å². The Bertz CT molecular complexity index is 975. The molecule has 146 valence electrons. The normalized spacial score (nSPS) is 18.9. The van der Waals surface area contributed by atoms with E-state index in [4.69, 9.17) is 9.47 Å². The Morgan fingerprint density at radius 1 is 1.11 bits per heavy atom. The van der Waals surface area contributed by atoms with Gasteiger partial charge in [0.15, 0.2) is 11.5 Å². The lowest BCUT2D eigenvalue weighted by Gasteiger charge is -2.37. The number of hydrogen-bond donors (Lipinski definition) is 0. The van der Waals surface area contributed by atoms with Crippen molar-refractivity contribution in [1.82, 2.24) is 4.90 Å². The molecule has 7 heteroatoms. The van der Waals surface area contributed by atoms with E-state index < -0.39 is 11.7 Å². The Labute approximate surface area is 172 Å². The molecular weight excluding hydrogens is 424 g/mol. The average Bonchev–Trinajstić information content (AvgIpc) is 2.93.